The number of fused-ring (bicyclic) bond motifs is 1. The number of hydrogen-bond donors (Lipinski definition) is 0. The number of alkyl halides is 1. The summed E-state index contributed by atoms with van der Waals surface area (Å²) in [5.74, 6) is 1.73. The van der Waals surface area contributed by atoms with E-state index in [9.17, 15) is 0 Å². The molecule has 2 aromatic rings. The maximum Gasteiger partial charge on any atom is 0.127 e. The van der Waals surface area contributed by atoms with Crippen LogP contribution in [0.4, 0.5) is 0 Å². The molecule has 0 fully saturated rings. The molecule has 2 atom stereocenters. The van der Waals surface area contributed by atoms with E-state index < -0.39 is 0 Å². The zero-order chi connectivity index (χ0) is 15.1. The average molecular weight is 295 g/mol. The lowest BCUT2D eigenvalue weighted by Gasteiger charge is -2.30. The van der Waals surface area contributed by atoms with Crippen LogP contribution in [0.15, 0.2) is 18.2 Å². The number of halogens is 1. The summed E-state index contributed by atoms with van der Waals surface area (Å²) in [5.41, 5.74) is 2.17. The van der Waals surface area contributed by atoms with Gasteiger partial charge in [-0.15, -0.1) is 11.6 Å². The Morgan fingerprint density at radius 3 is 2.40 bits per heavy atom. The summed E-state index contributed by atoms with van der Waals surface area (Å²) in [6.07, 6.45) is 0. The van der Waals surface area contributed by atoms with Gasteiger partial charge in [0.1, 0.15) is 11.6 Å². The number of rotatable bonds is 3. The summed E-state index contributed by atoms with van der Waals surface area (Å²) >= 11 is 6.33. The second kappa shape index (κ2) is 5.28. The van der Waals surface area contributed by atoms with Gasteiger partial charge in [-0.3, -0.25) is 0 Å². The van der Waals surface area contributed by atoms with Crippen molar-refractivity contribution in [1.29, 1.82) is 0 Å². The Hall–Kier alpha value is -1.22. The molecule has 1 heterocycles. The van der Waals surface area contributed by atoms with Crippen LogP contribution in [0.1, 0.15) is 51.9 Å². The van der Waals surface area contributed by atoms with E-state index in [0.717, 1.165) is 22.6 Å². The lowest BCUT2D eigenvalue weighted by Crippen LogP contribution is -2.23. The van der Waals surface area contributed by atoms with Gasteiger partial charge in [0.05, 0.1) is 23.5 Å². The standard InChI is InChI=1S/C16H23ClN2O/c1-10(17)15-18-13-9-12(20-6)7-8-14(13)19(15)11(2)16(3,4)5/h7-11H,1-6H3. The van der Waals surface area contributed by atoms with E-state index in [1.165, 1.54) is 0 Å². The molecule has 0 aliphatic rings. The van der Waals surface area contributed by atoms with Gasteiger partial charge in [0.2, 0.25) is 0 Å². The number of hydrogen-bond acceptors (Lipinski definition) is 2. The molecule has 2 unspecified atom stereocenters. The quantitative estimate of drug-likeness (QED) is 0.749. The average Bonchev–Trinajstić information content (AvgIpc) is 2.74. The summed E-state index contributed by atoms with van der Waals surface area (Å²) < 4.78 is 7.53. The number of nitrogens with zero attached hydrogens (tertiary/aromatic N) is 2. The summed E-state index contributed by atoms with van der Waals surface area (Å²) in [5, 5.41) is -0.127. The van der Waals surface area contributed by atoms with Gasteiger partial charge in [0, 0.05) is 12.1 Å². The number of benzene rings is 1. The molecule has 0 spiro atoms. The van der Waals surface area contributed by atoms with Crippen molar-refractivity contribution in [3.63, 3.8) is 0 Å². The molecule has 0 aliphatic carbocycles. The van der Waals surface area contributed by atoms with Gasteiger partial charge in [-0.2, -0.15) is 0 Å². The predicted molar refractivity (Wildman–Crippen MR) is 84.7 cm³/mol. The van der Waals surface area contributed by atoms with Crippen molar-refractivity contribution < 1.29 is 4.74 Å². The van der Waals surface area contributed by atoms with Crippen LogP contribution in [-0.2, 0) is 0 Å². The third-order valence-electron chi connectivity index (χ3n) is 3.92. The molecule has 0 aliphatic heterocycles. The van der Waals surface area contributed by atoms with E-state index in [0.29, 0.717) is 6.04 Å². The van der Waals surface area contributed by atoms with Crippen molar-refractivity contribution in [2.45, 2.75) is 46.0 Å². The van der Waals surface area contributed by atoms with Crippen LogP contribution in [-0.4, -0.2) is 16.7 Å². The van der Waals surface area contributed by atoms with E-state index in [2.05, 4.69) is 38.3 Å². The van der Waals surface area contributed by atoms with Crippen molar-refractivity contribution >= 4 is 22.6 Å². The Kier molecular flexibility index (Phi) is 4.01. The molecule has 0 saturated heterocycles. The van der Waals surface area contributed by atoms with Crippen LogP contribution < -0.4 is 4.74 Å². The molecule has 1 aromatic carbocycles. The number of methoxy groups -OCH3 is 1. The van der Waals surface area contributed by atoms with Crippen molar-refractivity contribution in [3.05, 3.63) is 24.0 Å². The van der Waals surface area contributed by atoms with Crippen molar-refractivity contribution in [3.8, 4) is 5.75 Å². The summed E-state index contributed by atoms with van der Waals surface area (Å²) in [6, 6.07) is 6.30. The van der Waals surface area contributed by atoms with E-state index in [1.807, 2.05) is 19.1 Å². The predicted octanol–water partition coefficient (Wildman–Crippen LogP) is 4.95. The highest BCUT2D eigenvalue weighted by atomic mass is 35.5. The van der Waals surface area contributed by atoms with Crippen LogP contribution in [0, 0.1) is 5.41 Å². The Balaban J connectivity index is 2.69. The molecular formula is C16H23ClN2O. The molecule has 4 heteroatoms. The third-order valence-corrected chi connectivity index (χ3v) is 4.12. The van der Waals surface area contributed by atoms with E-state index in [4.69, 9.17) is 21.3 Å². The minimum atomic E-state index is -0.127. The molecule has 0 amide bonds. The first-order valence-electron chi connectivity index (χ1n) is 6.95. The van der Waals surface area contributed by atoms with Gasteiger partial charge in [-0.1, -0.05) is 20.8 Å². The van der Waals surface area contributed by atoms with Gasteiger partial charge in [-0.05, 0) is 31.4 Å². The zero-order valence-electron chi connectivity index (χ0n) is 13.1. The maximum atomic E-state index is 6.33. The molecule has 3 nitrogen and oxygen atoms in total. The fourth-order valence-corrected chi connectivity index (χ4v) is 2.45. The minimum absolute atomic E-state index is 0.127. The minimum Gasteiger partial charge on any atom is -0.497 e. The largest absolute Gasteiger partial charge is 0.497 e. The van der Waals surface area contributed by atoms with Crippen molar-refractivity contribution in [2.24, 2.45) is 5.41 Å². The highest BCUT2D eigenvalue weighted by molar-refractivity contribution is 6.20. The first-order valence-corrected chi connectivity index (χ1v) is 7.39. The van der Waals surface area contributed by atoms with Gasteiger partial charge in [-0.25, -0.2) is 4.98 Å². The molecule has 0 radical (unpaired) electrons. The van der Waals surface area contributed by atoms with E-state index in [1.54, 1.807) is 7.11 Å². The highest BCUT2D eigenvalue weighted by Crippen LogP contribution is 2.37. The Labute approximate surface area is 125 Å². The lowest BCUT2D eigenvalue weighted by molar-refractivity contribution is 0.262. The van der Waals surface area contributed by atoms with Gasteiger partial charge >= 0.3 is 0 Å². The summed E-state index contributed by atoms with van der Waals surface area (Å²) in [4.78, 5) is 4.71. The zero-order valence-corrected chi connectivity index (χ0v) is 13.8. The smallest absolute Gasteiger partial charge is 0.127 e. The number of aromatic nitrogens is 2. The van der Waals surface area contributed by atoms with Crippen LogP contribution in [0.5, 0.6) is 5.75 Å². The Morgan fingerprint density at radius 2 is 1.90 bits per heavy atom. The number of ether oxygens (including phenoxy) is 1. The summed E-state index contributed by atoms with van der Waals surface area (Å²) in [7, 11) is 1.67. The van der Waals surface area contributed by atoms with Gasteiger partial charge < -0.3 is 9.30 Å². The Bertz CT molecular complexity index is 611. The maximum absolute atomic E-state index is 6.33. The second-order valence-electron chi connectivity index (χ2n) is 6.35. The normalized spacial score (nSPS) is 15.3. The van der Waals surface area contributed by atoms with Crippen LogP contribution >= 0.6 is 11.6 Å². The van der Waals surface area contributed by atoms with E-state index in [-0.39, 0.29) is 10.8 Å². The summed E-state index contributed by atoms with van der Waals surface area (Å²) in [6.45, 7) is 10.9. The lowest BCUT2D eigenvalue weighted by atomic mass is 9.87. The molecule has 110 valence electrons. The molecule has 0 saturated carbocycles. The van der Waals surface area contributed by atoms with Crippen molar-refractivity contribution in [1.82, 2.24) is 9.55 Å². The highest BCUT2D eigenvalue weighted by Gasteiger charge is 2.27. The molecule has 1 aromatic heterocycles. The first-order chi connectivity index (χ1) is 9.25. The van der Waals surface area contributed by atoms with Gasteiger partial charge in [0.25, 0.3) is 0 Å². The SMILES string of the molecule is COc1ccc2c(c1)nc(C(C)Cl)n2C(C)C(C)(C)C. The molecule has 2 rings (SSSR count). The molecular weight excluding hydrogens is 272 g/mol. The van der Waals surface area contributed by atoms with Crippen LogP contribution in [0.25, 0.3) is 11.0 Å². The second-order valence-corrected chi connectivity index (χ2v) is 7.01. The fourth-order valence-electron chi connectivity index (χ4n) is 2.30. The molecule has 0 N–H and O–H groups in total. The third kappa shape index (κ3) is 2.64. The van der Waals surface area contributed by atoms with Gasteiger partial charge in [0.15, 0.2) is 0 Å². The first kappa shape index (κ1) is 15.2. The van der Waals surface area contributed by atoms with E-state index >= 15 is 0 Å². The molecule has 0 bridgehead atoms. The van der Waals surface area contributed by atoms with Crippen molar-refractivity contribution in [2.75, 3.05) is 7.11 Å². The Morgan fingerprint density at radius 1 is 1.25 bits per heavy atom. The van der Waals surface area contributed by atoms with Crippen LogP contribution in [0.2, 0.25) is 0 Å². The fraction of sp³-hybridized carbons (Fsp3) is 0.562. The van der Waals surface area contributed by atoms with Crippen LogP contribution in [0.3, 0.4) is 0 Å². The number of imidazole rings is 1. The topological polar surface area (TPSA) is 27.1 Å². The molecule has 20 heavy (non-hydrogen) atoms. The monoisotopic (exact) mass is 294 g/mol.